The molecule has 0 aliphatic heterocycles. The van der Waals surface area contributed by atoms with Crippen molar-refractivity contribution in [2.75, 3.05) is 6.61 Å². The second kappa shape index (κ2) is 13.4. The minimum absolute atomic E-state index is 0.216. The van der Waals surface area contributed by atoms with Gasteiger partial charge in [-0.3, -0.25) is 0 Å². The molecule has 0 saturated carbocycles. The van der Waals surface area contributed by atoms with E-state index in [4.69, 9.17) is 4.74 Å². The maximum Gasteiger partial charge on any atom is 0.0797 e. The summed E-state index contributed by atoms with van der Waals surface area (Å²) in [4.78, 5) is 0. The molecule has 0 heterocycles. The lowest BCUT2D eigenvalue weighted by Gasteiger charge is -2.13. The highest BCUT2D eigenvalue weighted by atomic mass is 127. The van der Waals surface area contributed by atoms with Crippen molar-refractivity contribution < 1.29 is 4.74 Å². The second-order valence-electron chi connectivity index (χ2n) is 6.25. The summed E-state index contributed by atoms with van der Waals surface area (Å²) in [5, 5.41) is 0. The van der Waals surface area contributed by atoms with E-state index in [2.05, 4.69) is 60.7 Å². The fourth-order valence-electron chi connectivity index (χ4n) is 2.71. The number of benzene rings is 1. The summed E-state index contributed by atoms with van der Waals surface area (Å²) in [7, 11) is 0. The first-order chi connectivity index (χ1) is 10.7. The predicted molar refractivity (Wildman–Crippen MR) is 105 cm³/mol. The van der Waals surface area contributed by atoms with Crippen LogP contribution in [0.2, 0.25) is 0 Å². The summed E-state index contributed by atoms with van der Waals surface area (Å²) in [5.41, 5.74) is 1.29. The molecular formula is C20H33IO. The van der Waals surface area contributed by atoms with E-state index >= 15 is 0 Å². The van der Waals surface area contributed by atoms with Gasteiger partial charge in [-0.1, -0.05) is 76.8 Å². The summed E-state index contributed by atoms with van der Waals surface area (Å²) >= 11 is 2.36. The Morgan fingerprint density at radius 3 is 2.09 bits per heavy atom. The normalized spacial score (nSPS) is 12.5. The molecule has 0 bridgehead atoms. The molecule has 1 aromatic rings. The van der Waals surface area contributed by atoms with Gasteiger partial charge in [0.2, 0.25) is 0 Å². The van der Waals surface area contributed by atoms with E-state index in [-0.39, 0.29) is 6.10 Å². The molecule has 1 nitrogen and oxygen atoms in total. The summed E-state index contributed by atoms with van der Waals surface area (Å²) in [6.07, 6.45) is 14.0. The first-order valence-electron chi connectivity index (χ1n) is 9.11. The first kappa shape index (κ1) is 20.0. The SMILES string of the molecule is CCCCCCCCCCCCOC(C)c1cccc(I)c1. The smallest absolute Gasteiger partial charge is 0.0797 e. The van der Waals surface area contributed by atoms with Crippen molar-refractivity contribution in [2.45, 2.75) is 84.2 Å². The van der Waals surface area contributed by atoms with Gasteiger partial charge < -0.3 is 4.74 Å². The van der Waals surface area contributed by atoms with Gasteiger partial charge in [-0.2, -0.15) is 0 Å². The first-order valence-corrected chi connectivity index (χ1v) is 10.2. The average Bonchev–Trinajstić information content (AvgIpc) is 2.52. The van der Waals surface area contributed by atoms with Crippen molar-refractivity contribution in [3.8, 4) is 0 Å². The van der Waals surface area contributed by atoms with Crippen LogP contribution in [0.25, 0.3) is 0 Å². The lowest BCUT2D eigenvalue weighted by molar-refractivity contribution is 0.0627. The highest BCUT2D eigenvalue weighted by Crippen LogP contribution is 2.19. The van der Waals surface area contributed by atoms with Crippen LogP contribution >= 0.6 is 22.6 Å². The van der Waals surface area contributed by atoms with Crippen molar-refractivity contribution in [1.29, 1.82) is 0 Å². The van der Waals surface area contributed by atoms with Crippen LogP contribution < -0.4 is 0 Å². The Kier molecular flexibility index (Phi) is 12.1. The Hall–Kier alpha value is -0.0900. The Labute approximate surface area is 151 Å². The molecule has 0 fully saturated rings. The summed E-state index contributed by atoms with van der Waals surface area (Å²) < 4.78 is 7.23. The molecule has 1 unspecified atom stereocenters. The molecule has 1 rings (SSSR count). The molecule has 0 aliphatic carbocycles. The van der Waals surface area contributed by atoms with Crippen molar-refractivity contribution >= 4 is 22.6 Å². The van der Waals surface area contributed by atoms with Crippen molar-refractivity contribution in [3.63, 3.8) is 0 Å². The standard InChI is InChI=1S/C20H33IO/c1-3-4-5-6-7-8-9-10-11-12-16-22-18(2)19-14-13-15-20(21)17-19/h13-15,17-18H,3-12,16H2,1-2H3. The van der Waals surface area contributed by atoms with Crippen molar-refractivity contribution in [1.82, 2.24) is 0 Å². The largest absolute Gasteiger partial charge is 0.374 e. The van der Waals surface area contributed by atoms with Crippen molar-refractivity contribution in [2.24, 2.45) is 0 Å². The average molecular weight is 416 g/mol. The molecule has 126 valence electrons. The number of hydrogen-bond donors (Lipinski definition) is 0. The van der Waals surface area contributed by atoms with Gasteiger partial charge in [0.1, 0.15) is 0 Å². The lowest BCUT2D eigenvalue weighted by Crippen LogP contribution is -2.02. The quantitative estimate of drug-likeness (QED) is 0.242. The van der Waals surface area contributed by atoms with Crippen LogP contribution in [0.3, 0.4) is 0 Å². The Morgan fingerprint density at radius 1 is 0.909 bits per heavy atom. The van der Waals surface area contributed by atoms with Crippen LogP contribution in [0.1, 0.15) is 89.7 Å². The van der Waals surface area contributed by atoms with Gasteiger partial charge in [0.05, 0.1) is 6.10 Å². The van der Waals surface area contributed by atoms with Gasteiger partial charge in [-0.15, -0.1) is 0 Å². The zero-order valence-electron chi connectivity index (χ0n) is 14.5. The monoisotopic (exact) mass is 416 g/mol. The molecule has 0 aliphatic rings. The molecule has 1 aromatic carbocycles. The minimum Gasteiger partial charge on any atom is -0.374 e. The van der Waals surface area contributed by atoms with E-state index in [0.717, 1.165) is 6.61 Å². The highest BCUT2D eigenvalue weighted by molar-refractivity contribution is 14.1. The summed E-state index contributed by atoms with van der Waals surface area (Å²) in [6, 6.07) is 8.60. The van der Waals surface area contributed by atoms with Crippen LogP contribution in [-0.4, -0.2) is 6.61 Å². The number of ether oxygens (including phenoxy) is 1. The third-order valence-electron chi connectivity index (χ3n) is 4.18. The third-order valence-corrected chi connectivity index (χ3v) is 4.85. The topological polar surface area (TPSA) is 9.23 Å². The second-order valence-corrected chi connectivity index (χ2v) is 7.50. The number of unbranched alkanes of at least 4 members (excludes halogenated alkanes) is 9. The minimum atomic E-state index is 0.216. The van der Waals surface area contributed by atoms with Crippen LogP contribution in [0.5, 0.6) is 0 Å². The van der Waals surface area contributed by atoms with Gasteiger partial charge in [0.25, 0.3) is 0 Å². The number of halogens is 1. The third kappa shape index (κ3) is 9.83. The van der Waals surface area contributed by atoms with Crippen molar-refractivity contribution in [3.05, 3.63) is 33.4 Å². The van der Waals surface area contributed by atoms with Gasteiger partial charge in [0.15, 0.2) is 0 Å². The van der Waals surface area contributed by atoms with Gasteiger partial charge in [-0.25, -0.2) is 0 Å². The molecule has 0 radical (unpaired) electrons. The maximum atomic E-state index is 5.95. The number of rotatable bonds is 13. The highest BCUT2D eigenvalue weighted by Gasteiger charge is 2.05. The molecule has 0 N–H and O–H groups in total. The Bertz CT molecular complexity index is 378. The molecule has 0 spiro atoms. The van der Waals surface area contributed by atoms with Gasteiger partial charge >= 0.3 is 0 Å². The van der Waals surface area contributed by atoms with Crippen LogP contribution in [-0.2, 0) is 4.74 Å². The summed E-state index contributed by atoms with van der Waals surface area (Å²) in [6.45, 7) is 5.33. The van der Waals surface area contributed by atoms with Crippen LogP contribution in [0.4, 0.5) is 0 Å². The zero-order chi connectivity index (χ0) is 16.0. The van der Waals surface area contributed by atoms with Crippen LogP contribution in [0, 0.1) is 3.57 Å². The van der Waals surface area contributed by atoms with E-state index in [0.29, 0.717) is 0 Å². The van der Waals surface area contributed by atoms with E-state index in [1.165, 1.54) is 73.3 Å². The fourth-order valence-corrected chi connectivity index (χ4v) is 3.27. The molecule has 2 heteroatoms. The number of hydrogen-bond acceptors (Lipinski definition) is 1. The molecule has 0 saturated heterocycles. The predicted octanol–water partition coefficient (Wildman–Crippen LogP) is 7.29. The summed E-state index contributed by atoms with van der Waals surface area (Å²) in [5.74, 6) is 0. The Morgan fingerprint density at radius 2 is 1.50 bits per heavy atom. The van der Waals surface area contributed by atoms with E-state index in [1.54, 1.807) is 0 Å². The molecular weight excluding hydrogens is 383 g/mol. The molecule has 22 heavy (non-hydrogen) atoms. The van der Waals surface area contributed by atoms with E-state index in [1.807, 2.05) is 0 Å². The molecule has 0 aromatic heterocycles. The maximum absolute atomic E-state index is 5.95. The van der Waals surface area contributed by atoms with E-state index < -0.39 is 0 Å². The van der Waals surface area contributed by atoms with E-state index in [9.17, 15) is 0 Å². The Balaban J connectivity index is 1.93. The van der Waals surface area contributed by atoms with Gasteiger partial charge in [0, 0.05) is 10.2 Å². The molecule has 1 atom stereocenters. The fraction of sp³-hybridized carbons (Fsp3) is 0.700. The lowest BCUT2D eigenvalue weighted by atomic mass is 10.1. The van der Waals surface area contributed by atoms with Crippen LogP contribution in [0.15, 0.2) is 24.3 Å². The van der Waals surface area contributed by atoms with Gasteiger partial charge in [-0.05, 0) is 53.6 Å². The zero-order valence-corrected chi connectivity index (χ0v) is 16.6. The molecule has 0 amide bonds.